The van der Waals surface area contributed by atoms with Crippen molar-refractivity contribution in [2.24, 2.45) is 0 Å². The van der Waals surface area contributed by atoms with Crippen LogP contribution in [-0.2, 0) is 6.54 Å². The number of nitrogens with zero attached hydrogens (tertiary/aromatic N) is 1. The molecule has 0 bridgehead atoms. The Bertz CT molecular complexity index is 582. The van der Waals surface area contributed by atoms with Crippen molar-refractivity contribution in [2.45, 2.75) is 19.9 Å². The van der Waals surface area contributed by atoms with E-state index in [4.69, 9.17) is 9.47 Å². The van der Waals surface area contributed by atoms with Gasteiger partial charge in [-0.3, -0.25) is 4.98 Å². The van der Waals surface area contributed by atoms with Crippen LogP contribution in [0, 0.1) is 6.92 Å². The molecule has 0 radical (unpaired) electrons. The van der Waals surface area contributed by atoms with E-state index in [1.165, 1.54) is 0 Å². The number of ether oxygens (including phenoxy) is 2. The maximum atomic E-state index is 5.68. The molecule has 4 heteroatoms. The molecule has 0 atom stereocenters. The third kappa shape index (κ3) is 3.02. The Morgan fingerprint density at radius 2 is 1.95 bits per heavy atom. The van der Waals surface area contributed by atoms with Gasteiger partial charge >= 0.3 is 0 Å². The van der Waals surface area contributed by atoms with Crippen molar-refractivity contribution in [1.82, 2.24) is 4.98 Å². The summed E-state index contributed by atoms with van der Waals surface area (Å²) in [4.78, 5) is 4.29. The fraction of sp³-hybridized carbons (Fsp3) is 0.312. The molecule has 1 N–H and O–H groups in total. The van der Waals surface area contributed by atoms with Crippen LogP contribution >= 0.6 is 0 Å². The van der Waals surface area contributed by atoms with Crippen molar-refractivity contribution in [3.05, 3.63) is 47.8 Å². The molecule has 20 heavy (non-hydrogen) atoms. The Balaban J connectivity index is 1.68. The molecule has 0 fully saturated rings. The van der Waals surface area contributed by atoms with E-state index in [9.17, 15) is 0 Å². The highest BCUT2D eigenvalue weighted by atomic mass is 16.5. The summed E-state index contributed by atoms with van der Waals surface area (Å²) in [5, 5.41) is 3.38. The first kappa shape index (κ1) is 12.8. The lowest BCUT2D eigenvalue weighted by molar-refractivity contribution is 0.297. The van der Waals surface area contributed by atoms with Gasteiger partial charge in [-0.25, -0.2) is 0 Å². The second-order valence-electron chi connectivity index (χ2n) is 4.87. The van der Waals surface area contributed by atoms with Crippen LogP contribution in [0.15, 0.2) is 36.5 Å². The molecular formula is C16H18N2O2. The van der Waals surface area contributed by atoms with E-state index in [0.717, 1.165) is 48.0 Å². The second-order valence-corrected chi connectivity index (χ2v) is 4.87. The van der Waals surface area contributed by atoms with Gasteiger partial charge in [-0.1, -0.05) is 6.07 Å². The molecule has 2 heterocycles. The largest absolute Gasteiger partial charge is 0.490 e. The highest BCUT2D eigenvalue weighted by molar-refractivity contribution is 5.55. The van der Waals surface area contributed by atoms with Gasteiger partial charge in [-0.15, -0.1) is 0 Å². The van der Waals surface area contributed by atoms with Gasteiger partial charge in [0.1, 0.15) is 0 Å². The van der Waals surface area contributed by atoms with E-state index in [1.807, 2.05) is 37.4 Å². The third-order valence-corrected chi connectivity index (χ3v) is 3.22. The number of anilines is 1. The third-order valence-electron chi connectivity index (χ3n) is 3.22. The van der Waals surface area contributed by atoms with Crippen LogP contribution in [0.2, 0.25) is 0 Å². The Morgan fingerprint density at radius 1 is 1.10 bits per heavy atom. The average molecular weight is 270 g/mol. The van der Waals surface area contributed by atoms with Gasteiger partial charge in [-0.05, 0) is 30.7 Å². The van der Waals surface area contributed by atoms with Gasteiger partial charge in [0.25, 0.3) is 0 Å². The Labute approximate surface area is 118 Å². The minimum Gasteiger partial charge on any atom is -0.490 e. The van der Waals surface area contributed by atoms with Crippen LogP contribution in [0.25, 0.3) is 0 Å². The lowest BCUT2D eigenvalue weighted by atomic mass is 10.2. The van der Waals surface area contributed by atoms with E-state index in [1.54, 1.807) is 0 Å². The molecule has 2 aromatic rings. The maximum Gasteiger partial charge on any atom is 0.163 e. The number of rotatable bonds is 3. The SMILES string of the molecule is Cc1ccc(CNc2ccc3c(c2)OCCCO3)cn1. The number of aromatic nitrogens is 1. The van der Waals surface area contributed by atoms with Crippen LogP contribution in [0.3, 0.4) is 0 Å². The van der Waals surface area contributed by atoms with Crippen LogP contribution in [0.5, 0.6) is 11.5 Å². The molecule has 0 aliphatic carbocycles. The summed E-state index contributed by atoms with van der Waals surface area (Å²) in [6, 6.07) is 10.1. The van der Waals surface area contributed by atoms with Crippen molar-refractivity contribution in [3.63, 3.8) is 0 Å². The zero-order valence-electron chi connectivity index (χ0n) is 11.6. The molecular weight excluding hydrogens is 252 g/mol. The van der Waals surface area contributed by atoms with Crippen molar-refractivity contribution >= 4 is 5.69 Å². The lowest BCUT2D eigenvalue weighted by Gasteiger charge is -2.11. The number of fused-ring (bicyclic) bond motifs is 1. The number of benzene rings is 1. The number of hydrogen-bond acceptors (Lipinski definition) is 4. The average Bonchev–Trinajstić information content (AvgIpc) is 2.71. The number of aryl methyl sites for hydroxylation is 1. The van der Waals surface area contributed by atoms with E-state index >= 15 is 0 Å². The van der Waals surface area contributed by atoms with Gasteiger partial charge < -0.3 is 14.8 Å². The zero-order chi connectivity index (χ0) is 13.8. The van der Waals surface area contributed by atoms with Gasteiger partial charge in [0.15, 0.2) is 11.5 Å². The van der Waals surface area contributed by atoms with E-state index in [0.29, 0.717) is 6.61 Å². The maximum absolute atomic E-state index is 5.68. The van der Waals surface area contributed by atoms with Crippen LogP contribution in [-0.4, -0.2) is 18.2 Å². The minimum atomic E-state index is 0.707. The summed E-state index contributed by atoms with van der Waals surface area (Å²) in [5.41, 5.74) is 3.21. The van der Waals surface area contributed by atoms with E-state index in [2.05, 4.69) is 16.4 Å². The molecule has 0 unspecified atom stereocenters. The molecule has 1 aromatic heterocycles. The topological polar surface area (TPSA) is 43.4 Å². The Morgan fingerprint density at radius 3 is 2.75 bits per heavy atom. The van der Waals surface area contributed by atoms with Crippen molar-refractivity contribution in [3.8, 4) is 11.5 Å². The quantitative estimate of drug-likeness (QED) is 0.930. The smallest absolute Gasteiger partial charge is 0.163 e. The summed E-state index contributed by atoms with van der Waals surface area (Å²) in [6.45, 7) is 4.15. The predicted octanol–water partition coefficient (Wildman–Crippen LogP) is 3.16. The van der Waals surface area contributed by atoms with Crippen LogP contribution in [0.1, 0.15) is 17.7 Å². The first-order valence-corrected chi connectivity index (χ1v) is 6.86. The first-order valence-electron chi connectivity index (χ1n) is 6.86. The summed E-state index contributed by atoms with van der Waals surface area (Å²) >= 11 is 0. The number of nitrogens with one attached hydrogen (secondary N) is 1. The normalized spacial score (nSPS) is 13.7. The minimum absolute atomic E-state index is 0.707. The van der Waals surface area contributed by atoms with Gasteiger partial charge in [0, 0.05) is 36.6 Å². The highest BCUT2D eigenvalue weighted by Crippen LogP contribution is 2.32. The predicted molar refractivity (Wildman–Crippen MR) is 78.3 cm³/mol. The highest BCUT2D eigenvalue weighted by Gasteiger charge is 2.10. The molecule has 104 valence electrons. The fourth-order valence-corrected chi connectivity index (χ4v) is 2.08. The monoisotopic (exact) mass is 270 g/mol. The van der Waals surface area contributed by atoms with Gasteiger partial charge in [0.2, 0.25) is 0 Å². The molecule has 1 aliphatic heterocycles. The van der Waals surface area contributed by atoms with Crippen LogP contribution in [0.4, 0.5) is 5.69 Å². The number of hydrogen-bond donors (Lipinski definition) is 1. The van der Waals surface area contributed by atoms with Crippen molar-refractivity contribution in [2.75, 3.05) is 18.5 Å². The fourth-order valence-electron chi connectivity index (χ4n) is 2.08. The molecule has 0 saturated carbocycles. The zero-order valence-corrected chi connectivity index (χ0v) is 11.6. The van der Waals surface area contributed by atoms with E-state index < -0.39 is 0 Å². The molecule has 0 saturated heterocycles. The second kappa shape index (κ2) is 5.82. The summed E-state index contributed by atoms with van der Waals surface area (Å²) in [6.07, 6.45) is 2.82. The number of pyridine rings is 1. The molecule has 4 nitrogen and oxygen atoms in total. The lowest BCUT2D eigenvalue weighted by Crippen LogP contribution is -2.01. The van der Waals surface area contributed by atoms with Crippen molar-refractivity contribution < 1.29 is 9.47 Å². The molecule has 3 rings (SSSR count). The standard InChI is InChI=1S/C16H18N2O2/c1-12-3-4-13(10-17-12)11-18-14-5-6-15-16(9-14)20-8-2-7-19-15/h3-6,9-10,18H,2,7-8,11H2,1H3. The van der Waals surface area contributed by atoms with Crippen molar-refractivity contribution in [1.29, 1.82) is 0 Å². The Kier molecular flexibility index (Phi) is 3.72. The molecule has 1 aromatic carbocycles. The molecule has 0 spiro atoms. The van der Waals surface area contributed by atoms with Gasteiger partial charge in [-0.2, -0.15) is 0 Å². The van der Waals surface area contributed by atoms with Gasteiger partial charge in [0.05, 0.1) is 13.2 Å². The summed E-state index contributed by atoms with van der Waals surface area (Å²) in [5.74, 6) is 1.64. The molecule has 0 amide bonds. The van der Waals surface area contributed by atoms with Crippen LogP contribution < -0.4 is 14.8 Å². The summed E-state index contributed by atoms with van der Waals surface area (Å²) in [7, 11) is 0. The van der Waals surface area contributed by atoms with E-state index in [-0.39, 0.29) is 0 Å². The summed E-state index contributed by atoms with van der Waals surface area (Å²) < 4.78 is 11.3. The molecule has 1 aliphatic rings. The first-order chi connectivity index (χ1) is 9.81. The Hall–Kier alpha value is -2.23.